The Bertz CT molecular complexity index is 921. The van der Waals surface area contributed by atoms with E-state index in [1.165, 1.54) is 0 Å². The minimum atomic E-state index is -0.460. The Morgan fingerprint density at radius 1 is 1.15 bits per heavy atom. The summed E-state index contributed by atoms with van der Waals surface area (Å²) in [5.74, 6) is -0.793. The van der Waals surface area contributed by atoms with Crippen LogP contribution in [0.4, 0.5) is 5.13 Å². The Morgan fingerprint density at radius 2 is 1.92 bits per heavy atom. The Balaban J connectivity index is 1.93. The molecule has 0 unspecified atom stereocenters. The summed E-state index contributed by atoms with van der Waals surface area (Å²) >= 11 is 2.12. The van der Waals surface area contributed by atoms with Crippen molar-refractivity contribution in [1.29, 1.82) is 0 Å². The van der Waals surface area contributed by atoms with E-state index in [1.807, 2.05) is 37.3 Å². The molecule has 3 aromatic rings. The first kappa shape index (κ1) is 18.2. The Kier molecular flexibility index (Phi) is 5.69. The number of benzene rings is 1. The summed E-state index contributed by atoms with van der Waals surface area (Å²) in [6.07, 6.45) is 0.612. The van der Waals surface area contributed by atoms with Gasteiger partial charge in [-0.25, -0.2) is 9.78 Å². The van der Waals surface area contributed by atoms with Gasteiger partial charge in [-0.15, -0.1) is 5.10 Å². The molecule has 0 saturated heterocycles. The highest BCUT2D eigenvalue weighted by Gasteiger charge is 2.23. The highest BCUT2D eigenvalue weighted by atomic mass is 32.1. The van der Waals surface area contributed by atoms with Crippen molar-refractivity contribution < 1.29 is 14.3 Å². The van der Waals surface area contributed by atoms with Gasteiger partial charge in [-0.05, 0) is 24.9 Å². The van der Waals surface area contributed by atoms with Gasteiger partial charge in [0.25, 0.3) is 5.91 Å². The van der Waals surface area contributed by atoms with E-state index in [4.69, 9.17) is 4.74 Å². The fourth-order valence-electron chi connectivity index (χ4n) is 2.27. The smallest absolute Gasteiger partial charge is 0.350 e. The van der Waals surface area contributed by atoms with Gasteiger partial charge in [-0.3, -0.25) is 10.1 Å². The van der Waals surface area contributed by atoms with Crippen LogP contribution in [0.25, 0.3) is 11.3 Å². The molecule has 0 radical (unpaired) electrons. The van der Waals surface area contributed by atoms with E-state index < -0.39 is 5.97 Å². The molecule has 134 valence electrons. The summed E-state index contributed by atoms with van der Waals surface area (Å²) in [5, 5.41) is 7.00. The van der Waals surface area contributed by atoms with Crippen molar-refractivity contribution in [2.75, 3.05) is 11.9 Å². The molecule has 0 atom stereocenters. The minimum Gasteiger partial charge on any atom is -0.462 e. The lowest BCUT2D eigenvalue weighted by atomic mass is 10.1. The van der Waals surface area contributed by atoms with Crippen molar-refractivity contribution in [1.82, 2.24) is 14.6 Å². The molecule has 1 N–H and O–H groups in total. The van der Waals surface area contributed by atoms with Crippen molar-refractivity contribution in [3.63, 3.8) is 0 Å². The molecule has 0 aliphatic heterocycles. The number of hydrogen-bond donors (Lipinski definition) is 1. The van der Waals surface area contributed by atoms with Crippen molar-refractivity contribution in [2.45, 2.75) is 20.3 Å². The highest BCUT2D eigenvalue weighted by molar-refractivity contribution is 7.18. The van der Waals surface area contributed by atoms with Gasteiger partial charge in [0.1, 0.15) is 9.75 Å². The van der Waals surface area contributed by atoms with Crippen LogP contribution in [-0.4, -0.2) is 33.1 Å². The van der Waals surface area contributed by atoms with Gasteiger partial charge in [0, 0.05) is 5.56 Å². The number of nitrogens with zero attached hydrogens (tertiary/aromatic N) is 3. The molecule has 0 aliphatic carbocycles. The molecule has 9 heteroatoms. The Morgan fingerprint density at radius 3 is 2.62 bits per heavy atom. The van der Waals surface area contributed by atoms with Gasteiger partial charge in [-0.1, -0.05) is 53.1 Å². The number of aromatic nitrogens is 3. The maximum atomic E-state index is 12.5. The predicted octanol–water partition coefficient (Wildman–Crippen LogP) is 3.65. The second-order valence-electron chi connectivity index (χ2n) is 5.14. The zero-order chi connectivity index (χ0) is 18.5. The van der Waals surface area contributed by atoms with Gasteiger partial charge >= 0.3 is 5.97 Å². The van der Waals surface area contributed by atoms with Crippen molar-refractivity contribution >= 4 is 39.9 Å². The number of esters is 1. The van der Waals surface area contributed by atoms with Crippen LogP contribution in [0.5, 0.6) is 0 Å². The van der Waals surface area contributed by atoms with E-state index >= 15 is 0 Å². The van der Waals surface area contributed by atoms with Crippen LogP contribution in [-0.2, 0) is 11.2 Å². The summed E-state index contributed by atoms with van der Waals surface area (Å²) in [4.78, 5) is 30.0. The summed E-state index contributed by atoms with van der Waals surface area (Å²) < 4.78 is 8.94. The van der Waals surface area contributed by atoms with Crippen LogP contribution in [0.3, 0.4) is 0 Å². The number of nitrogens with one attached hydrogen (secondary N) is 1. The first-order valence-electron chi connectivity index (χ1n) is 8.00. The van der Waals surface area contributed by atoms with Gasteiger partial charge in [0.2, 0.25) is 0 Å². The van der Waals surface area contributed by atoms with Crippen LogP contribution in [0.1, 0.15) is 38.9 Å². The van der Waals surface area contributed by atoms with Crippen LogP contribution in [0.2, 0.25) is 0 Å². The third-order valence-corrected chi connectivity index (χ3v) is 5.17. The molecular weight excluding hydrogens is 372 g/mol. The Hall–Kier alpha value is -2.65. The van der Waals surface area contributed by atoms with Gasteiger partial charge in [0.15, 0.2) is 5.13 Å². The second kappa shape index (κ2) is 8.15. The molecule has 0 spiro atoms. The quantitative estimate of drug-likeness (QED) is 0.648. The van der Waals surface area contributed by atoms with Crippen LogP contribution in [0.15, 0.2) is 30.3 Å². The van der Waals surface area contributed by atoms with E-state index in [-0.39, 0.29) is 12.5 Å². The minimum absolute atomic E-state index is 0.263. The number of carbonyl (C=O) groups is 2. The average Bonchev–Trinajstić information content (AvgIpc) is 3.29. The lowest BCUT2D eigenvalue weighted by Gasteiger charge is -2.01. The van der Waals surface area contributed by atoms with Gasteiger partial charge in [-0.2, -0.15) is 0 Å². The molecule has 0 aliphatic rings. The molecule has 0 bridgehead atoms. The SMILES string of the molecule is CCOC(=O)c1sc(NC(=O)c2snnc2CC)nc1-c1ccccc1. The second-order valence-corrected chi connectivity index (χ2v) is 6.89. The zero-order valence-corrected chi connectivity index (χ0v) is 15.8. The van der Waals surface area contributed by atoms with E-state index in [0.29, 0.717) is 32.7 Å². The molecule has 2 aromatic heterocycles. The molecule has 26 heavy (non-hydrogen) atoms. The molecular formula is C17H16N4O3S2. The van der Waals surface area contributed by atoms with E-state index in [2.05, 4.69) is 19.9 Å². The number of hydrogen-bond acceptors (Lipinski definition) is 8. The molecule has 3 rings (SSSR count). The van der Waals surface area contributed by atoms with Crippen LogP contribution in [0, 0.1) is 0 Å². The fraction of sp³-hybridized carbons (Fsp3) is 0.235. The maximum Gasteiger partial charge on any atom is 0.350 e. The van der Waals surface area contributed by atoms with E-state index in [0.717, 1.165) is 28.4 Å². The molecule has 1 amide bonds. The summed E-state index contributed by atoms with van der Waals surface area (Å²) in [5.41, 5.74) is 1.90. The third kappa shape index (κ3) is 3.78. The van der Waals surface area contributed by atoms with Crippen molar-refractivity contribution in [2.24, 2.45) is 0 Å². The summed E-state index contributed by atoms with van der Waals surface area (Å²) in [6, 6.07) is 9.31. The number of thiazole rings is 1. The van der Waals surface area contributed by atoms with Gasteiger partial charge in [0.05, 0.1) is 18.0 Å². The lowest BCUT2D eigenvalue weighted by Crippen LogP contribution is -2.12. The predicted molar refractivity (Wildman–Crippen MR) is 101 cm³/mol. The highest BCUT2D eigenvalue weighted by Crippen LogP contribution is 2.32. The lowest BCUT2D eigenvalue weighted by molar-refractivity contribution is 0.0532. The largest absolute Gasteiger partial charge is 0.462 e. The van der Waals surface area contributed by atoms with E-state index in [1.54, 1.807) is 6.92 Å². The number of ether oxygens (including phenoxy) is 1. The summed E-state index contributed by atoms with van der Waals surface area (Å²) in [7, 11) is 0. The fourth-order valence-corrected chi connectivity index (χ4v) is 3.79. The number of rotatable bonds is 6. The van der Waals surface area contributed by atoms with Crippen LogP contribution < -0.4 is 5.32 Å². The van der Waals surface area contributed by atoms with Gasteiger partial charge < -0.3 is 4.74 Å². The third-order valence-electron chi connectivity index (χ3n) is 3.45. The topological polar surface area (TPSA) is 94.1 Å². The first-order chi connectivity index (χ1) is 12.6. The maximum absolute atomic E-state index is 12.5. The average molecular weight is 388 g/mol. The zero-order valence-electron chi connectivity index (χ0n) is 14.2. The standard InChI is InChI=1S/C17H16N4O3S2/c1-3-11-13(26-21-20-11)15(22)19-17-18-12(10-8-6-5-7-9-10)14(25-17)16(23)24-4-2/h5-9H,3-4H2,1-2H3,(H,18,19,22). The first-order valence-corrected chi connectivity index (χ1v) is 9.59. The molecule has 1 aromatic carbocycles. The molecule has 0 saturated carbocycles. The van der Waals surface area contributed by atoms with Crippen molar-refractivity contribution in [3.8, 4) is 11.3 Å². The molecule has 7 nitrogen and oxygen atoms in total. The molecule has 0 fully saturated rings. The normalized spacial score (nSPS) is 10.5. The number of aryl methyl sites for hydroxylation is 1. The van der Waals surface area contributed by atoms with E-state index in [9.17, 15) is 9.59 Å². The summed E-state index contributed by atoms with van der Waals surface area (Å²) in [6.45, 7) is 3.91. The van der Waals surface area contributed by atoms with Crippen LogP contribution >= 0.6 is 22.9 Å². The van der Waals surface area contributed by atoms with Crippen molar-refractivity contribution in [3.05, 3.63) is 45.8 Å². The number of amides is 1. The number of carbonyl (C=O) groups excluding carboxylic acids is 2. The monoisotopic (exact) mass is 388 g/mol. The molecule has 2 heterocycles. The number of anilines is 1. The Labute approximate surface area is 158 Å².